The normalized spacial score (nSPS) is 13.8. The number of aromatic nitrogens is 1. The highest BCUT2D eigenvalue weighted by Gasteiger charge is 2.29. The van der Waals surface area contributed by atoms with E-state index < -0.39 is 11.6 Å². The maximum atomic E-state index is 13.5. The molecule has 0 unspecified atom stereocenters. The third-order valence-electron chi connectivity index (χ3n) is 4.36. The molecule has 0 aliphatic carbocycles. The van der Waals surface area contributed by atoms with E-state index in [2.05, 4.69) is 5.16 Å². The molecule has 0 radical (unpaired) electrons. The van der Waals surface area contributed by atoms with Crippen LogP contribution in [0, 0.1) is 18.6 Å². The van der Waals surface area contributed by atoms with E-state index in [-0.39, 0.29) is 5.91 Å². The molecule has 0 atom stereocenters. The van der Waals surface area contributed by atoms with E-state index in [4.69, 9.17) is 4.52 Å². The van der Waals surface area contributed by atoms with Crippen molar-refractivity contribution in [2.45, 2.75) is 19.9 Å². The van der Waals surface area contributed by atoms with Gasteiger partial charge in [-0.05, 0) is 42.1 Å². The van der Waals surface area contributed by atoms with Crippen LogP contribution in [0.5, 0.6) is 0 Å². The van der Waals surface area contributed by atoms with E-state index in [0.29, 0.717) is 41.4 Å². The molecule has 25 heavy (non-hydrogen) atoms. The summed E-state index contributed by atoms with van der Waals surface area (Å²) in [6.07, 6.45) is 0.544. The summed E-state index contributed by atoms with van der Waals surface area (Å²) in [7, 11) is 0. The van der Waals surface area contributed by atoms with Gasteiger partial charge in [0.15, 0.2) is 11.6 Å². The predicted octanol–water partition coefficient (Wildman–Crippen LogP) is 4.19. The van der Waals surface area contributed by atoms with Gasteiger partial charge in [0.05, 0.1) is 11.4 Å². The van der Waals surface area contributed by atoms with Crippen LogP contribution in [0.4, 0.5) is 8.78 Å². The van der Waals surface area contributed by atoms with Crippen molar-refractivity contribution in [1.82, 2.24) is 10.1 Å². The molecule has 0 bridgehead atoms. The number of hydrogen-bond acceptors (Lipinski definition) is 4. The van der Waals surface area contributed by atoms with Gasteiger partial charge < -0.3 is 9.42 Å². The summed E-state index contributed by atoms with van der Waals surface area (Å²) in [6.45, 7) is 2.78. The average Bonchev–Trinajstić information content (AvgIpc) is 3.22. The molecule has 1 aromatic carbocycles. The van der Waals surface area contributed by atoms with E-state index in [1.165, 1.54) is 17.4 Å². The number of amides is 1. The molecule has 0 saturated heterocycles. The van der Waals surface area contributed by atoms with Crippen LogP contribution in [0.3, 0.4) is 0 Å². The lowest BCUT2D eigenvalue weighted by molar-refractivity contribution is 0.0733. The zero-order chi connectivity index (χ0) is 17.6. The van der Waals surface area contributed by atoms with Crippen molar-refractivity contribution < 1.29 is 18.1 Å². The number of thiophene rings is 1. The summed E-state index contributed by atoms with van der Waals surface area (Å²) in [6, 6.07) is 5.53. The largest absolute Gasteiger partial charge is 0.360 e. The lowest BCUT2D eigenvalue weighted by Crippen LogP contribution is -2.35. The lowest BCUT2D eigenvalue weighted by atomic mass is 10.0. The first-order valence-electron chi connectivity index (χ1n) is 7.81. The van der Waals surface area contributed by atoms with Crippen LogP contribution in [-0.4, -0.2) is 22.5 Å². The van der Waals surface area contributed by atoms with Crippen molar-refractivity contribution in [3.63, 3.8) is 0 Å². The summed E-state index contributed by atoms with van der Waals surface area (Å²) in [5, 5.41) is 5.91. The zero-order valence-electron chi connectivity index (χ0n) is 13.4. The molecule has 7 heteroatoms. The van der Waals surface area contributed by atoms with Crippen molar-refractivity contribution in [3.05, 3.63) is 63.0 Å². The van der Waals surface area contributed by atoms with Crippen LogP contribution in [-0.2, 0) is 13.0 Å². The highest BCUT2D eigenvalue weighted by Crippen LogP contribution is 2.32. The number of hydrogen-bond donors (Lipinski definition) is 0. The predicted molar refractivity (Wildman–Crippen MR) is 89.4 cm³/mol. The van der Waals surface area contributed by atoms with Crippen molar-refractivity contribution in [1.29, 1.82) is 0 Å². The zero-order valence-corrected chi connectivity index (χ0v) is 14.2. The Morgan fingerprint density at radius 3 is 2.84 bits per heavy atom. The van der Waals surface area contributed by atoms with Gasteiger partial charge in [0.2, 0.25) is 0 Å². The van der Waals surface area contributed by atoms with E-state index >= 15 is 0 Å². The second-order valence-electron chi connectivity index (χ2n) is 5.97. The molecule has 4 rings (SSSR count). The van der Waals surface area contributed by atoms with Crippen molar-refractivity contribution in [2.75, 3.05) is 6.54 Å². The fourth-order valence-corrected chi connectivity index (χ4v) is 3.88. The van der Waals surface area contributed by atoms with Crippen LogP contribution >= 0.6 is 11.3 Å². The van der Waals surface area contributed by atoms with Crippen LogP contribution in [0.25, 0.3) is 11.3 Å². The standard InChI is InChI=1S/C18H14F2N2O2S/c1-10-5-7-25-17(10)18(23)22-6-4-15-12(9-22)16(21-24-15)11-2-3-13(19)14(20)8-11/h2-3,5,7-8H,4,6,9H2,1H3. The highest BCUT2D eigenvalue weighted by molar-refractivity contribution is 7.12. The highest BCUT2D eigenvalue weighted by atomic mass is 32.1. The van der Waals surface area contributed by atoms with Crippen LogP contribution in [0.1, 0.15) is 26.6 Å². The number of carbonyl (C=O) groups is 1. The number of fused-ring (bicyclic) bond motifs is 1. The Morgan fingerprint density at radius 1 is 1.28 bits per heavy atom. The van der Waals surface area contributed by atoms with Gasteiger partial charge in [-0.25, -0.2) is 8.78 Å². The van der Waals surface area contributed by atoms with Gasteiger partial charge in [-0.2, -0.15) is 0 Å². The Labute approximate surface area is 146 Å². The van der Waals surface area contributed by atoms with E-state index in [9.17, 15) is 13.6 Å². The maximum Gasteiger partial charge on any atom is 0.264 e. The summed E-state index contributed by atoms with van der Waals surface area (Å²) >= 11 is 1.42. The first-order valence-corrected chi connectivity index (χ1v) is 8.69. The summed E-state index contributed by atoms with van der Waals surface area (Å²) < 4.78 is 32.1. The van der Waals surface area contributed by atoms with E-state index in [0.717, 1.165) is 23.3 Å². The van der Waals surface area contributed by atoms with Gasteiger partial charge in [0.1, 0.15) is 11.5 Å². The van der Waals surface area contributed by atoms with Crippen molar-refractivity contribution >= 4 is 17.2 Å². The molecule has 2 aromatic heterocycles. The van der Waals surface area contributed by atoms with Gasteiger partial charge in [-0.3, -0.25) is 4.79 Å². The minimum absolute atomic E-state index is 0.0319. The van der Waals surface area contributed by atoms with Gasteiger partial charge in [0.25, 0.3) is 5.91 Å². The van der Waals surface area contributed by atoms with Gasteiger partial charge in [-0.1, -0.05) is 5.16 Å². The molecule has 0 N–H and O–H groups in total. The minimum Gasteiger partial charge on any atom is -0.360 e. The molecule has 0 fully saturated rings. The summed E-state index contributed by atoms with van der Waals surface area (Å²) in [5.41, 5.74) is 2.59. The Kier molecular flexibility index (Phi) is 3.88. The second kappa shape index (κ2) is 6.07. The average molecular weight is 360 g/mol. The molecular weight excluding hydrogens is 346 g/mol. The molecule has 1 aliphatic rings. The molecule has 0 spiro atoms. The number of halogens is 2. The fourth-order valence-electron chi connectivity index (χ4n) is 2.99. The number of nitrogens with zero attached hydrogens (tertiary/aromatic N) is 2. The monoisotopic (exact) mass is 360 g/mol. The van der Waals surface area contributed by atoms with Gasteiger partial charge >= 0.3 is 0 Å². The third-order valence-corrected chi connectivity index (χ3v) is 5.37. The number of aryl methyl sites for hydroxylation is 1. The quantitative estimate of drug-likeness (QED) is 0.688. The molecule has 0 saturated carbocycles. The minimum atomic E-state index is -0.938. The van der Waals surface area contributed by atoms with Crippen LogP contribution in [0.2, 0.25) is 0 Å². The SMILES string of the molecule is Cc1ccsc1C(=O)N1CCc2onc(-c3ccc(F)c(F)c3)c2C1. The molecule has 4 nitrogen and oxygen atoms in total. The van der Waals surface area contributed by atoms with E-state index in [1.807, 2.05) is 18.4 Å². The van der Waals surface area contributed by atoms with Crippen LogP contribution < -0.4 is 0 Å². The Hall–Kier alpha value is -2.54. The molecule has 3 heterocycles. The summed E-state index contributed by atoms with van der Waals surface area (Å²) in [4.78, 5) is 15.2. The van der Waals surface area contributed by atoms with Gasteiger partial charge in [-0.15, -0.1) is 11.3 Å². The lowest BCUT2D eigenvalue weighted by Gasteiger charge is -2.26. The fraction of sp³-hybridized carbons (Fsp3) is 0.222. The van der Waals surface area contributed by atoms with Crippen molar-refractivity contribution in [2.24, 2.45) is 0 Å². The molecule has 1 amide bonds. The molecule has 3 aromatic rings. The Balaban J connectivity index is 1.67. The second-order valence-corrected chi connectivity index (χ2v) is 6.89. The Bertz CT molecular complexity index is 964. The smallest absolute Gasteiger partial charge is 0.264 e. The first kappa shape index (κ1) is 16.0. The number of rotatable bonds is 2. The van der Waals surface area contributed by atoms with E-state index in [1.54, 1.807) is 4.90 Å². The number of carbonyl (C=O) groups excluding carboxylic acids is 1. The van der Waals surface area contributed by atoms with Crippen LogP contribution in [0.15, 0.2) is 34.2 Å². The summed E-state index contributed by atoms with van der Waals surface area (Å²) in [5.74, 6) is -1.19. The maximum absolute atomic E-state index is 13.5. The molecular formula is C18H14F2N2O2S. The first-order chi connectivity index (χ1) is 12.0. The van der Waals surface area contributed by atoms with Gasteiger partial charge in [0, 0.05) is 24.1 Å². The molecule has 1 aliphatic heterocycles. The Morgan fingerprint density at radius 2 is 2.12 bits per heavy atom. The topological polar surface area (TPSA) is 46.3 Å². The number of benzene rings is 1. The third kappa shape index (κ3) is 2.74. The molecule has 128 valence electrons. The van der Waals surface area contributed by atoms with Crippen molar-refractivity contribution in [3.8, 4) is 11.3 Å².